The van der Waals surface area contributed by atoms with Crippen LogP contribution in [-0.4, -0.2) is 23.5 Å². The van der Waals surface area contributed by atoms with E-state index in [9.17, 15) is 0 Å². The lowest BCUT2D eigenvalue weighted by Crippen LogP contribution is -2.23. The smallest absolute Gasteiger partial charge is 0.0572 e. The molecular formula is C13H20N2. The molecule has 0 saturated carbocycles. The van der Waals surface area contributed by atoms with Gasteiger partial charge >= 0.3 is 0 Å². The number of hydrogen-bond acceptors (Lipinski definition) is 2. The highest BCUT2D eigenvalue weighted by Crippen LogP contribution is 2.15. The quantitative estimate of drug-likeness (QED) is 0.701. The lowest BCUT2D eigenvalue weighted by Gasteiger charge is -2.22. The summed E-state index contributed by atoms with van der Waals surface area (Å²) in [5.41, 5.74) is 2.48. The summed E-state index contributed by atoms with van der Waals surface area (Å²) in [6.07, 6.45) is 4.08. The minimum atomic E-state index is 0.363. The van der Waals surface area contributed by atoms with Crippen molar-refractivity contribution in [3.63, 3.8) is 0 Å². The Hall–Kier alpha value is -1.15. The maximum Gasteiger partial charge on any atom is 0.0572 e. The van der Waals surface area contributed by atoms with Gasteiger partial charge in [0, 0.05) is 18.8 Å². The van der Waals surface area contributed by atoms with E-state index in [4.69, 9.17) is 0 Å². The first kappa shape index (κ1) is 11.9. The second-order valence-electron chi connectivity index (χ2n) is 4.15. The number of rotatable bonds is 4. The van der Waals surface area contributed by atoms with Gasteiger partial charge in [0.25, 0.3) is 0 Å². The molecule has 0 N–H and O–H groups in total. The normalized spacial score (nSPS) is 12.6. The Morgan fingerprint density at radius 1 is 1.47 bits per heavy atom. The van der Waals surface area contributed by atoms with E-state index in [0.717, 1.165) is 12.2 Å². The Labute approximate surface area is 92.6 Å². The Bertz CT molecular complexity index is 313. The summed E-state index contributed by atoms with van der Waals surface area (Å²) in [7, 11) is 2.12. The standard InChI is InChI=1S/C13H20N2/c1-11(2)8-10-15(4)12(3)13-7-5-6-9-14-13/h5-9,12H,10H2,1-4H3/t12-/m1/s1. The maximum absolute atomic E-state index is 4.36. The molecule has 15 heavy (non-hydrogen) atoms. The third kappa shape index (κ3) is 3.84. The van der Waals surface area contributed by atoms with Crippen LogP contribution in [0.5, 0.6) is 0 Å². The van der Waals surface area contributed by atoms with Crippen molar-refractivity contribution in [3.8, 4) is 0 Å². The molecular weight excluding hydrogens is 184 g/mol. The molecule has 1 rings (SSSR count). The molecule has 0 aliphatic heterocycles. The third-order valence-corrected chi connectivity index (χ3v) is 2.56. The molecule has 2 nitrogen and oxygen atoms in total. The summed E-state index contributed by atoms with van der Waals surface area (Å²) in [6, 6.07) is 6.42. The number of allylic oxidation sites excluding steroid dienone is 1. The molecule has 0 saturated heterocycles. The third-order valence-electron chi connectivity index (χ3n) is 2.56. The zero-order valence-corrected chi connectivity index (χ0v) is 10.1. The summed E-state index contributed by atoms with van der Waals surface area (Å²) in [5.74, 6) is 0. The highest BCUT2D eigenvalue weighted by Gasteiger charge is 2.10. The van der Waals surface area contributed by atoms with E-state index in [1.165, 1.54) is 5.57 Å². The predicted octanol–water partition coefficient (Wildman–Crippen LogP) is 3.04. The van der Waals surface area contributed by atoms with Crippen LogP contribution in [0, 0.1) is 0 Å². The SMILES string of the molecule is CC(C)=CCN(C)[C@H](C)c1ccccn1. The molecule has 0 radical (unpaired) electrons. The Morgan fingerprint density at radius 3 is 2.73 bits per heavy atom. The van der Waals surface area contributed by atoms with Crippen LogP contribution in [-0.2, 0) is 0 Å². The van der Waals surface area contributed by atoms with Gasteiger partial charge in [-0.25, -0.2) is 0 Å². The summed E-state index contributed by atoms with van der Waals surface area (Å²) < 4.78 is 0. The fourth-order valence-corrected chi connectivity index (χ4v) is 1.33. The Kier molecular flexibility index (Phi) is 4.50. The van der Waals surface area contributed by atoms with Crippen LogP contribution in [0.2, 0.25) is 0 Å². The van der Waals surface area contributed by atoms with Gasteiger partial charge in [-0.1, -0.05) is 17.7 Å². The van der Waals surface area contributed by atoms with Gasteiger partial charge in [0.05, 0.1) is 5.69 Å². The first-order valence-corrected chi connectivity index (χ1v) is 5.36. The maximum atomic E-state index is 4.36. The molecule has 0 fully saturated rings. The van der Waals surface area contributed by atoms with Crippen LogP contribution in [0.15, 0.2) is 36.0 Å². The Morgan fingerprint density at radius 2 is 2.20 bits per heavy atom. The van der Waals surface area contributed by atoms with Gasteiger partial charge in [0.1, 0.15) is 0 Å². The molecule has 0 aromatic carbocycles. The molecule has 2 heteroatoms. The highest BCUT2D eigenvalue weighted by atomic mass is 15.1. The topological polar surface area (TPSA) is 16.1 Å². The zero-order chi connectivity index (χ0) is 11.3. The van der Waals surface area contributed by atoms with Gasteiger partial charge in [-0.3, -0.25) is 9.88 Å². The number of aromatic nitrogens is 1. The van der Waals surface area contributed by atoms with E-state index in [1.807, 2.05) is 18.3 Å². The first-order chi connectivity index (χ1) is 7.11. The average molecular weight is 204 g/mol. The van der Waals surface area contributed by atoms with E-state index < -0.39 is 0 Å². The fraction of sp³-hybridized carbons (Fsp3) is 0.462. The van der Waals surface area contributed by atoms with Gasteiger partial charge in [0.15, 0.2) is 0 Å². The largest absolute Gasteiger partial charge is 0.294 e. The van der Waals surface area contributed by atoms with Crippen molar-refractivity contribution < 1.29 is 0 Å². The van der Waals surface area contributed by atoms with Crippen LogP contribution in [0.25, 0.3) is 0 Å². The van der Waals surface area contributed by atoms with Crippen molar-refractivity contribution >= 4 is 0 Å². The van der Waals surface area contributed by atoms with Crippen molar-refractivity contribution in [3.05, 3.63) is 41.7 Å². The van der Waals surface area contributed by atoms with Crippen molar-refractivity contribution in [2.45, 2.75) is 26.8 Å². The number of pyridine rings is 1. The van der Waals surface area contributed by atoms with Gasteiger partial charge in [-0.2, -0.15) is 0 Å². The monoisotopic (exact) mass is 204 g/mol. The highest BCUT2D eigenvalue weighted by molar-refractivity contribution is 5.08. The fourth-order valence-electron chi connectivity index (χ4n) is 1.33. The summed E-state index contributed by atoms with van der Waals surface area (Å²) in [6.45, 7) is 7.40. The number of hydrogen-bond donors (Lipinski definition) is 0. The van der Waals surface area contributed by atoms with E-state index in [2.05, 4.69) is 49.8 Å². The molecule has 1 heterocycles. The molecule has 0 bridgehead atoms. The second-order valence-corrected chi connectivity index (χ2v) is 4.15. The zero-order valence-electron chi connectivity index (χ0n) is 10.1. The van der Waals surface area contributed by atoms with Crippen molar-refractivity contribution in [1.29, 1.82) is 0 Å². The van der Waals surface area contributed by atoms with Gasteiger partial charge < -0.3 is 0 Å². The van der Waals surface area contributed by atoms with Crippen molar-refractivity contribution in [2.75, 3.05) is 13.6 Å². The predicted molar refractivity (Wildman–Crippen MR) is 64.7 cm³/mol. The van der Waals surface area contributed by atoms with E-state index in [-0.39, 0.29) is 0 Å². The lowest BCUT2D eigenvalue weighted by molar-refractivity contribution is 0.284. The lowest BCUT2D eigenvalue weighted by atomic mass is 10.2. The molecule has 0 spiro atoms. The number of likely N-dealkylation sites (N-methyl/N-ethyl adjacent to an activating group) is 1. The molecule has 0 amide bonds. The van der Waals surface area contributed by atoms with E-state index in [0.29, 0.717) is 6.04 Å². The molecule has 1 aromatic rings. The van der Waals surface area contributed by atoms with Gasteiger partial charge in [-0.05, 0) is 40.0 Å². The molecule has 1 aromatic heterocycles. The molecule has 0 aliphatic carbocycles. The summed E-state index contributed by atoms with van der Waals surface area (Å²) in [4.78, 5) is 6.65. The first-order valence-electron chi connectivity index (χ1n) is 5.36. The summed E-state index contributed by atoms with van der Waals surface area (Å²) >= 11 is 0. The van der Waals surface area contributed by atoms with Crippen LogP contribution >= 0.6 is 0 Å². The van der Waals surface area contributed by atoms with Crippen molar-refractivity contribution in [1.82, 2.24) is 9.88 Å². The molecule has 0 unspecified atom stereocenters. The van der Waals surface area contributed by atoms with Crippen LogP contribution in [0.1, 0.15) is 32.5 Å². The van der Waals surface area contributed by atoms with Crippen LogP contribution < -0.4 is 0 Å². The van der Waals surface area contributed by atoms with E-state index >= 15 is 0 Å². The molecule has 1 atom stereocenters. The van der Waals surface area contributed by atoms with Crippen LogP contribution in [0.3, 0.4) is 0 Å². The number of nitrogens with zero attached hydrogens (tertiary/aromatic N) is 2. The minimum Gasteiger partial charge on any atom is -0.294 e. The second kappa shape index (κ2) is 5.66. The molecule has 82 valence electrons. The van der Waals surface area contributed by atoms with Crippen LogP contribution in [0.4, 0.5) is 0 Å². The average Bonchev–Trinajstić information content (AvgIpc) is 2.26. The van der Waals surface area contributed by atoms with Gasteiger partial charge in [0.2, 0.25) is 0 Å². The summed E-state index contributed by atoms with van der Waals surface area (Å²) in [5, 5.41) is 0. The van der Waals surface area contributed by atoms with E-state index in [1.54, 1.807) is 0 Å². The van der Waals surface area contributed by atoms with Crippen molar-refractivity contribution in [2.24, 2.45) is 0 Å². The van der Waals surface area contributed by atoms with Gasteiger partial charge in [-0.15, -0.1) is 0 Å². The molecule has 0 aliphatic rings. The minimum absolute atomic E-state index is 0.363. The Balaban J connectivity index is 2.61.